The van der Waals surface area contributed by atoms with Gasteiger partial charge in [-0.1, -0.05) is 36.9 Å². The largest absolute Gasteiger partial charge is 0.497 e. The molecule has 0 aliphatic carbocycles. The van der Waals surface area contributed by atoms with Crippen molar-refractivity contribution < 1.29 is 14.3 Å². The summed E-state index contributed by atoms with van der Waals surface area (Å²) in [7, 11) is 1.70. The zero-order chi connectivity index (χ0) is 23.5. The summed E-state index contributed by atoms with van der Waals surface area (Å²) in [5.41, 5.74) is 4.55. The molecule has 1 unspecified atom stereocenters. The summed E-state index contributed by atoms with van der Waals surface area (Å²) in [6.45, 7) is 11.4. The third-order valence-corrected chi connectivity index (χ3v) is 6.19. The van der Waals surface area contributed by atoms with Gasteiger partial charge in [-0.2, -0.15) is 0 Å². The Kier molecular flexibility index (Phi) is 9.73. The lowest BCUT2D eigenvalue weighted by atomic mass is 9.94. The Balaban J connectivity index is 0.000000555. The predicted molar refractivity (Wildman–Crippen MR) is 136 cm³/mol. The number of aldehydes is 1. The minimum absolute atomic E-state index is 0.143. The highest BCUT2D eigenvalue weighted by atomic mass is 16.5. The Hall–Kier alpha value is -2.89. The Morgan fingerprint density at radius 2 is 1.88 bits per heavy atom. The average Bonchev–Trinajstić information content (AvgIpc) is 2.88. The van der Waals surface area contributed by atoms with Gasteiger partial charge in [0.25, 0.3) is 0 Å². The van der Waals surface area contributed by atoms with E-state index in [-0.39, 0.29) is 6.10 Å². The van der Waals surface area contributed by atoms with Crippen molar-refractivity contribution in [2.24, 2.45) is 0 Å². The highest BCUT2D eigenvalue weighted by Gasteiger charge is 2.23. The minimum Gasteiger partial charge on any atom is -0.497 e. The van der Waals surface area contributed by atoms with Crippen molar-refractivity contribution in [2.45, 2.75) is 25.9 Å². The van der Waals surface area contributed by atoms with Crippen LogP contribution < -0.4 is 9.64 Å². The summed E-state index contributed by atoms with van der Waals surface area (Å²) in [4.78, 5) is 16.0. The molecule has 0 amide bonds. The van der Waals surface area contributed by atoms with Crippen LogP contribution in [0, 0.1) is 0 Å². The summed E-state index contributed by atoms with van der Waals surface area (Å²) in [6.07, 6.45) is 8.54. The van der Waals surface area contributed by atoms with Crippen LogP contribution in [0.15, 0.2) is 67.3 Å². The first-order chi connectivity index (χ1) is 16.2. The molecule has 2 aliphatic heterocycles. The fourth-order valence-electron chi connectivity index (χ4n) is 4.33. The van der Waals surface area contributed by atoms with Crippen molar-refractivity contribution in [1.82, 2.24) is 4.90 Å². The van der Waals surface area contributed by atoms with Gasteiger partial charge in [0.1, 0.15) is 12.0 Å². The van der Waals surface area contributed by atoms with E-state index in [2.05, 4.69) is 34.6 Å². The molecule has 5 heteroatoms. The lowest BCUT2D eigenvalue weighted by Gasteiger charge is -2.37. The molecular weight excluding hydrogens is 412 g/mol. The van der Waals surface area contributed by atoms with Crippen LogP contribution in [-0.2, 0) is 11.2 Å². The molecule has 2 heterocycles. The van der Waals surface area contributed by atoms with Crippen LogP contribution in [0.1, 0.15) is 40.9 Å². The summed E-state index contributed by atoms with van der Waals surface area (Å²) < 4.78 is 11.3. The Labute approximate surface area is 198 Å². The molecule has 1 fully saturated rings. The van der Waals surface area contributed by atoms with E-state index >= 15 is 0 Å². The zero-order valence-electron chi connectivity index (χ0n) is 19.9. The van der Waals surface area contributed by atoms with Crippen LogP contribution in [-0.4, -0.2) is 57.6 Å². The maximum atomic E-state index is 11.0. The van der Waals surface area contributed by atoms with Gasteiger partial charge in [-0.05, 0) is 61.2 Å². The van der Waals surface area contributed by atoms with Gasteiger partial charge in [-0.3, -0.25) is 9.69 Å². The lowest BCUT2D eigenvalue weighted by Crippen LogP contribution is -2.46. The number of fused-ring (bicyclic) bond motifs is 1. The second kappa shape index (κ2) is 13.0. The third-order valence-electron chi connectivity index (χ3n) is 6.19. The SMILES string of the molecule is C=C/C=C\C.COc1ccc(N2CCN(CCC3OCCc4cc(C=O)ccc43)CC2)cc1. The van der Waals surface area contributed by atoms with E-state index in [4.69, 9.17) is 9.47 Å². The number of hydrogen-bond donors (Lipinski definition) is 0. The molecule has 176 valence electrons. The number of allylic oxidation sites excluding steroid dienone is 3. The molecule has 0 N–H and O–H groups in total. The van der Waals surface area contributed by atoms with Crippen molar-refractivity contribution in [1.29, 1.82) is 0 Å². The highest BCUT2D eigenvalue weighted by Crippen LogP contribution is 2.30. The molecular formula is C28H36N2O3. The molecule has 2 aromatic rings. The number of carbonyl (C=O) groups is 1. The number of anilines is 1. The Morgan fingerprint density at radius 1 is 1.12 bits per heavy atom. The van der Waals surface area contributed by atoms with Crippen LogP contribution in [0.25, 0.3) is 0 Å². The zero-order valence-corrected chi connectivity index (χ0v) is 19.9. The Bertz CT molecular complexity index is 915. The number of ether oxygens (including phenoxy) is 2. The van der Waals surface area contributed by atoms with Crippen LogP contribution >= 0.6 is 0 Å². The molecule has 1 atom stereocenters. The van der Waals surface area contributed by atoms with Gasteiger partial charge < -0.3 is 14.4 Å². The molecule has 0 aromatic heterocycles. The van der Waals surface area contributed by atoms with E-state index in [0.29, 0.717) is 0 Å². The molecule has 0 radical (unpaired) electrons. The quantitative estimate of drug-likeness (QED) is 0.436. The van der Waals surface area contributed by atoms with Crippen molar-refractivity contribution in [3.63, 3.8) is 0 Å². The second-order valence-corrected chi connectivity index (χ2v) is 8.26. The van der Waals surface area contributed by atoms with Gasteiger partial charge in [-0.15, -0.1) is 0 Å². The predicted octanol–water partition coefficient (Wildman–Crippen LogP) is 5.08. The number of methoxy groups -OCH3 is 1. The summed E-state index contributed by atoms with van der Waals surface area (Å²) in [5, 5.41) is 0. The van der Waals surface area contributed by atoms with Gasteiger partial charge in [0.2, 0.25) is 0 Å². The van der Waals surface area contributed by atoms with Gasteiger partial charge in [0.15, 0.2) is 0 Å². The van der Waals surface area contributed by atoms with E-state index in [1.54, 1.807) is 13.2 Å². The topological polar surface area (TPSA) is 42.0 Å². The van der Waals surface area contributed by atoms with Crippen LogP contribution in [0.4, 0.5) is 5.69 Å². The fourth-order valence-corrected chi connectivity index (χ4v) is 4.33. The standard InChI is InChI=1S/C23H28N2O3.C5H8/c1-27-21-5-3-20(4-6-21)25-13-11-24(12-14-25)10-8-23-22-7-2-18(17-26)16-19(22)9-15-28-23;1-3-5-4-2/h2-7,16-17,23H,8-15H2,1H3;3-5H,1H2,2H3/b;5-4-. The molecule has 2 aliphatic rings. The van der Waals surface area contributed by atoms with Crippen molar-refractivity contribution in [3.8, 4) is 5.75 Å². The van der Waals surface area contributed by atoms with Crippen LogP contribution in [0.5, 0.6) is 5.75 Å². The normalized spacial score (nSPS) is 18.2. The molecule has 5 nitrogen and oxygen atoms in total. The number of nitrogens with zero attached hydrogens (tertiary/aromatic N) is 2. The van der Waals surface area contributed by atoms with Crippen LogP contribution in [0.2, 0.25) is 0 Å². The van der Waals surface area contributed by atoms with Crippen molar-refractivity contribution in [3.05, 3.63) is 84.0 Å². The first-order valence-electron chi connectivity index (χ1n) is 11.7. The second-order valence-electron chi connectivity index (χ2n) is 8.26. The highest BCUT2D eigenvalue weighted by molar-refractivity contribution is 5.75. The van der Waals surface area contributed by atoms with Gasteiger partial charge >= 0.3 is 0 Å². The van der Waals surface area contributed by atoms with Gasteiger partial charge in [-0.25, -0.2) is 0 Å². The van der Waals surface area contributed by atoms with Gasteiger partial charge in [0, 0.05) is 44.0 Å². The smallest absolute Gasteiger partial charge is 0.150 e. The molecule has 4 rings (SSSR count). The van der Waals surface area contributed by atoms with E-state index < -0.39 is 0 Å². The first kappa shape index (κ1) is 24.7. The van der Waals surface area contributed by atoms with E-state index in [0.717, 1.165) is 69.8 Å². The molecule has 1 saturated heterocycles. The molecule has 0 spiro atoms. The number of piperazine rings is 1. The third kappa shape index (κ3) is 7.04. The van der Waals surface area contributed by atoms with Crippen molar-refractivity contribution in [2.75, 3.05) is 51.3 Å². The minimum atomic E-state index is 0.143. The van der Waals surface area contributed by atoms with E-state index in [1.807, 2.05) is 43.3 Å². The average molecular weight is 449 g/mol. The maximum absolute atomic E-state index is 11.0. The van der Waals surface area contributed by atoms with Crippen LogP contribution in [0.3, 0.4) is 0 Å². The fraction of sp³-hybridized carbons (Fsp3) is 0.393. The van der Waals surface area contributed by atoms with E-state index in [9.17, 15) is 4.79 Å². The van der Waals surface area contributed by atoms with Crippen molar-refractivity contribution >= 4 is 12.0 Å². The number of rotatable bonds is 7. The van der Waals surface area contributed by atoms with Gasteiger partial charge in [0.05, 0.1) is 19.8 Å². The summed E-state index contributed by atoms with van der Waals surface area (Å²) >= 11 is 0. The first-order valence-corrected chi connectivity index (χ1v) is 11.7. The molecule has 0 bridgehead atoms. The summed E-state index contributed by atoms with van der Waals surface area (Å²) in [5.74, 6) is 0.899. The monoisotopic (exact) mass is 448 g/mol. The number of carbonyl (C=O) groups excluding carboxylic acids is 1. The number of benzene rings is 2. The molecule has 0 saturated carbocycles. The molecule has 33 heavy (non-hydrogen) atoms. The lowest BCUT2D eigenvalue weighted by molar-refractivity contribution is 0.0289. The number of hydrogen-bond acceptors (Lipinski definition) is 5. The maximum Gasteiger partial charge on any atom is 0.150 e. The Morgan fingerprint density at radius 3 is 2.48 bits per heavy atom. The van der Waals surface area contributed by atoms with E-state index in [1.165, 1.54) is 16.8 Å². The summed E-state index contributed by atoms with van der Waals surface area (Å²) in [6, 6.07) is 14.3. The molecule has 2 aromatic carbocycles.